The van der Waals surface area contributed by atoms with Crippen molar-refractivity contribution in [2.45, 2.75) is 0 Å². The maximum absolute atomic E-state index is 11.7. The van der Waals surface area contributed by atoms with Gasteiger partial charge < -0.3 is 4.90 Å². The quantitative estimate of drug-likeness (QED) is 0.481. The maximum Gasteiger partial charge on any atom is 0.299 e. The van der Waals surface area contributed by atoms with Crippen molar-refractivity contribution in [3.63, 3.8) is 0 Å². The topological polar surface area (TPSA) is 37.4 Å². The van der Waals surface area contributed by atoms with Gasteiger partial charge in [-0.2, -0.15) is 0 Å². The zero-order chi connectivity index (χ0) is 12.4. The van der Waals surface area contributed by atoms with E-state index in [0.29, 0.717) is 28.7 Å². The second-order valence-electron chi connectivity index (χ2n) is 3.53. The van der Waals surface area contributed by atoms with Crippen molar-refractivity contribution in [1.82, 2.24) is 0 Å². The van der Waals surface area contributed by atoms with Gasteiger partial charge in [0.05, 0.1) is 11.3 Å². The lowest BCUT2D eigenvalue weighted by Crippen LogP contribution is -2.29. The molecule has 0 N–H and O–H groups in total. The SMILES string of the molecule is O=C1C(=O)N(CC=CCCl)c2ccc(Cl)cc21. The summed E-state index contributed by atoms with van der Waals surface area (Å²) in [7, 11) is 0. The highest BCUT2D eigenvalue weighted by molar-refractivity contribution is 6.52. The smallest absolute Gasteiger partial charge is 0.299 e. The number of fused-ring (bicyclic) bond motifs is 1. The van der Waals surface area contributed by atoms with E-state index in [1.807, 2.05) is 0 Å². The number of carbonyl (C=O) groups excluding carboxylic acids is 2. The highest BCUT2D eigenvalue weighted by Crippen LogP contribution is 2.30. The zero-order valence-corrected chi connectivity index (χ0v) is 10.3. The van der Waals surface area contributed by atoms with Crippen LogP contribution in [0.2, 0.25) is 5.02 Å². The highest BCUT2D eigenvalue weighted by atomic mass is 35.5. The first kappa shape index (κ1) is 12.1. The number of rotatable bonds is 3. The van der Waals surface area contributed by atoms with Gasteiger partial charge in [0.1, 0.15) is 0 Å². The molecule has 1 heterocycles. The van der Waals surface area contributed by atoms with Crippen molar-refractivity contribution in [3.8, 4) is 0 Å². The molecule has 0 fully saturated rings. The number of benzene rings is 1. The lowest BCUT2D eigenvalue weighted by atomic mass is 10.1. The molecule has 1 aromatic carbocycles. The van der Waals surface area contributed by atoms with E-state index in [1.165, 1.54) is 11.0 Å². The molecule has 1 aliphatic rings. The van der Waals surface area contributed by atoms with Crippen molar-refractivity contribution < 1.29 is 9.59 Å². The summed E-state index contributed by atoms with van der Waals surface area (Å²) in [5.74, 6) is -0.660. The number of anilines is 1. The van der Waals surface area contributed by atoms with Crippen molar-refractivity contribution in [2.75, 3.05) is 17.3 Å². The lowest BCUT2D eigenvalue weighted by Gasteiger charge is -2.13. The number of hydrogen-bond acceptors (Lipinski definition) is 2. The van der Waals surface area contributed by atoms with Gasteiger partial charge >= 0.3 is 0 Å². The van der Waals surface area contributed by atoms with Gasteiger partial charge in [0.25, 0.3) is 11.7 Å². The fourth-order valence-electron chi connectivity index (χ4n) is 1.70. The third kappa shape index (κ3) is 2.21. The lowest BCUT2D eigenvalue weighted by molar-refractivity contribution is -0.114. The predicted octanol–water partition coefficient (Wildman–Crippen LogP) is 2.66. The maximum atomic E-state index is 11.7. The molecule has 0 spiro atoms. The second-order valence-corrected chi connectivity index (χ2v) is 4.28. The molecule has 0 saturated carbocycles. The molecule has 1 aliphatic heterocycles. The Morgan fingerprint density at radius 1 is 1.24 bits per heavy atom. The van der Waals surface area contributed by atoms with Crippen LogP contribution in [0, 0.1) is 0 Å². The standard InChI is InChI=1S/C12H9Cl2NO2/c13-5-1-2-6-15-10-4-3-8(14)7-9(10)11(16)12(15)17/h1-4,7H,5-6H2. The number of alkyl halides is 1. The van der Waals surface area contributed by atoms with Crippen LogP contribution in [-0.4, -0.2) is 24.1 Å². The third-order valence-electron chi connectivity index (χ3n) is 2.48. The van der Waals surface area contributed by atoms with E-state index in [4.69, 9.17) is 23.2 Å². The second kappa shape index (κ2) is 4.90. The Morgan fingerprint density at radius 2 is 2.00 bits per heavy atom. The van der Waals surface area contributed by atoms with Crippen LogP contribution in [0.4, 0.5) is 5.69 Å². The van der Waals surface area contributed by atoms with Crippen LogP contribution >= 0.6 is 23.2 Å². The van der Waals surface area contributed by atoms with E-state index in [2.05, 4.69) is 0 Å². The third-order valence-corrected chi connectivity index (χ3v) is 2.89. The molecular formula is C12H9Cl2NO2. The van der Waals surface area contributed by atoms with Gasteiger partial charge in [-0.25, -0.2) is 0 Å². The van der Waals surface area contributed by atoms with E-state index in [9.17, 15) is 9.59 Å². The van der Waals surface area contributed by atoms with Crippen LogP contribution in [-0.2, 0) is 4.79 Å². The largest absolute Gasteiger partial charge is 0.301 e. The highest BCUT2D eigenvalue weighted by Gasteiger charge is 2.34. The number of nitrogens with zero attached hydrogens (tertiary/aromatic N) is 1. The Bertz CT molecular complexity index is 511. The summed E-state index contributed by atoms with van der Waals surface area (Å²) in [6.07, 6.45) is 3.48. The van der Waals surface area contributed by atoms with E-state index in [1.54, 1.807) is 24.3 Å². The van der Waals surface area contributed by atoms with Crippen molar-refractivity contribution >= 4 is 40.6 Å². The van der Waals surface area contributed by atoms with Gasteiger partial charge in [0.15, 0.2) is 0 Å². The van der Waals surface area contributed by atoms with Gasteiger partial charge in [0.2, 0.25) is 0 Å². The Kier molecular flexibility index (Phi) is 3.50. The molecule has 88 valence electrons. The number of hydrogen-bond donors (Lipinski definition) is 0. The molecule has 17 heavy (non-hydrogen) atoms. The van der Waals surface area contributed by atoms with Gasteiger partial charge in [-0.1, -0.05) is 23.8 Å². The van der Waals surface area contributed by atoms with Crippen LogP contribution in [0.5, 0.6) is 0 Å². The monoisotopic (exact) mass is 269 g/mol. The first-order chi connectivity index (χ1) is 8.15. The summed E-state index contributed by atoms with van der Waals surface area (Å²) in [5.41, 5.74) is 0.963. The Morgan fingerprint density at radius 3 is 2.71 bits per heavy atom. The molecule has 0 bridgehead atoms. The summed E-state index contributed by atoms with van der Waals surface area (Å²) >= 11 is 11.3. The average molecular weight is 270 g/mol. The van der Waals surface area contributed by atoms with Crippen LogP contribution in [0.1, 0.15) is 10.4 Å². The number of halogens is 2. The fourth-order valence-corrected chi connectivity index (χ4v) is 1.99. The van der Waals surface area contributed by atoms with Crippen LogP contribution in [0.15, 0.2) is 30.4 Å². The van der Waals surface area contributed by atoms with Crippen molar-refractivity contribution in [1.29, 1.82) is 0 Å². The van der Waals surface area contributed by atoms with Crippen LogP contribution < -0.4 is 4.90 Å². The molecule has 1 aromatic rings. The Hall–Kier alpha value is -1.32. The minimum absolute atomic E-state index is 0.339. The van der Waals surface area contributed by atoms with E-state index < -0.39 is 11.7 Å². The first-order valence-corrected chi connectivity index (χ1v) is 5.93. The molecular weight excluding hydrogens is 261 g/mol. The summed E-state index contributed by atoms with van der Waals surface area (Å²) in [5, 5.41) is 0.447. The molecule has 0 aliphatic carbocycles. The van der Waals surface area contributed by atoms with Gasteiger partial charge in [-0.15, -0.1) is 11.6 Å². The number of amides is 1. The normalized spacial score (nSPS) is 14.8. The van der Waals surface area contributed by atoms with E-state index >= 15 is 0 Å². The molecule has 1 amide bonds. The Labute approximate surface area is 109 Å². The van der Waals surface area contributed by atoms with Crippen LogP contribution in [0.3, 0.4) is 0 Å². The molecule has 3 nitrogen and oxygen atoms in total. The van der Waals surface area contributed by atoms with Crippen molar-refractivity contribution in [2.24, 2.45) is 0 Å². The fraction of sp³-hybridized carbons (Fsp3) is 0.167. The summed E-state index contributed by atoms with van der Waals surface area (Å²) < 4.78 is 0. The molecule has 5 heteroatoms. The number of ketones is 1. The molecule has 0 aromatic heterocycles. The van der Waals surface area contributed by atoms with Crippen LogP contribution in [0.25, 0.3) is 0 Å². The number of carbonyl (C=O) groups is 2. The number of Topliss-reactive ketones (excluding diaryl/α,β-unsaturated/α-hetero) is 1. The minimum Gasteiger partial charge on any atom is -0.301 e. The predicted molar refractivity (Wildman–Crippen MR) is 68.0 cm³/mol. The minimum atomic E-state index is -0.526. The zero-order valence-electron chi connectivity index (χ0n) is 8.82. The summed E-state index contributed by atoms with van der Waals surface area (Å²) in [6.45, 7) is 0.339. The molecule has 0 atom stereocenters. The van der Waals surface area contributed by atoms with Gasteiger partial charge in [-0.05, 0) is 18.2 Å². The van der Waals surface area contributed by atoms with Gasteiger partial charge in [0, 0.05) is 17.4 Å². The van der Waals surface area contributed by atoms with Gasteiger partial charge in [-0.3, -0.25) is 9.59 Å². The molecule has 0 unspecified atom stereocenters. The molecule has 0 radical (unpaired) electrons. The van der Waals surface area contributed by atoms with E-state index in [0.717, 1.165) is 0 Å². The first-order valence-electron chi connectivity index (χ1n) is 5.02. The number of allylic oxidation sites excluding steroid dienone is 1. The Balaban J connectivity index is 2.34. The molecule has 2 rings (SSSR count). The summed E-state index contributed by atoms with van der Waals surface area (Å²) in [6, 6.07) is 4.85. The average Bonchev–Trinajstić information content (AvgIpc) is 2.54. The molecule has 0 saturated heterocycles. The summed E-state index contributed by atoms with van der Waals surface area (Å²) in [4.78, 5) is 24.8. The van der Waals surface area contributed by atoms with Crippen molar-refractivity contribution in [3.05, 3.63) is 40.9 Å². The van der Waals surface area contributed by atoms with E-state index in [-0.39, 0.29) is 0 Å².